The predicted molar refractivity (Wildman–Crippen MR) is 108 cm³/mol. The Kier molecular flexibility index (Phi) is 5.26. The molecular weight excluding hydrogens is 390 g/mol. The van der Waals surface area contributed by atoms with Crippen molar-refractivity contribution in [2.75, 3.05) is 11.5 Å². The number of imidazole rings is 1. The highest BCUT2D eigenvalue weighted by molar-refractivity contribution is 7.91. The van der Waals surface area contributed by atoms with Gasteiger partial charge in [-0.2, -0.15) is 0 Å². The van der Waals surface area contributed by atoms with E-state index in [0.29, 0.717) is 24.6 Å². The van der Waals surface area contributed by atoms with Crippen molar-refractivity contribution in [2.45, 2.75) is 26.0 Å². The molecule has 0 spiro atoms. The Morgan fingerprint density at radius 1 is 1.34 bits per heavy atom. The Bertz CT molecular complexity index is 1160. The average Bonchev–Trinajstić information content (AvgIpc) is 3.41. The van der Waals surface area contributed by atoms with Crippen LogP contribution in [0.2, 0.25) is 0 Å². The van der Waals surface area contributed by atoms with Crippen LogP contribution in [-0.2, 0) is 16.4 Å². The van der Waals surface area contributed by atoms with Crippen LogP contribution in [0.5, 0.6) is 0 Å². The van der Waals surface area contributed by atoms with Crippen LogP contribution in [0.1, 0.15) is 36.5 Å². The van der Waals surface area contributed by atoms with Crippen LogP contribution < -0.4 is 0 Å². The van der Waals surface area contributed by atoms with E-state index in [9.17, 15) is 13.5 Å². The Morgan fingerprint density at radius 3 is 2.83 bits per heavy atom. The molecule has 1 fully saturated rings. The minimum absolute atomic E-state index is 0.0776. The summed E-state index contributed by atoms with van der Waals surface area (Å²) in [5.74, 6) is 7.65. The third-order valence-corrected chi connectivity index (χ3v) is 6.60. The molecule has 8 heteroatoms. The maximum Gasteiger partial charge on any atom is 0.167 e. The molecule has 2 aromatic heterocycles. The topological polar surface area (TPSA) is 98.2 Å². The van der Waals surface area contributed by atoms with E-state index in [1.54, 1.807) is 19.3 Å². The van der Waals surface area contributed by atoms with E-state index >= 15 is 0 Å². The number of aliphatic hydroxyl groups is 1. The summed E-state index contributed by atoms with van der Waals surface area (Å²) in [6.07, 6.45) is 3.39. The molecule has 150 valence electrons. The van der Waals surface area contributed by atoms with E-state index in [4.69, 9.17) is 4.52 Å². The molecule has 3 aromatic rings. The third-order valence-electron chi connectivity index (χ3n) is 4.84. The summed E-state index contributed by atoms with van der Waals surface area (Å²) in [4.78, 5) is 4.15. The molecule has 1 saturated heterocycles. The van der Waals surface area contributed by atoms with Crippen LogP contribution in [0.25, 0.3) is 11.3 Å². The number of aromatic nitrogens is 3. The lowest BCUT2D eigenvalue weighted by atomic mass is 10.1. The van der Waals surface area contributed by atoms with Crippen LogP contribution in [0.3, 0.4) is 0 Å². The van der Waals surface area contributed by atoms with Gasteiger partial charge in [-0.25, -0.2) is 13.4 Å². The first-order chi connectivity index (χ1) is 13.9. The predicted octanol–water partition coefficient (Wildman–Crippen LogP) is 2.43. The SMILES string of the molecule is CC(O)c1nccn1Cc1cc(-c2ccc(C#CC3CCS(=O)(=O)C3)cc2)on1. The van der Waals surface area contributed by atoms with Gasteiger partial charge in [-0.1, -0.05) is 17.0 Å². The van der Waals surface area contributed by atoms with Crippen molar-refractivity contribution < 1.29 is 18.0 Å². The lowest BCUT2D eigenvalue weighted by Crippen LogP contribution is -2.07. The highest BCUT2D eigenvalue weighted by Crippen LogP contribution is 2.22. The lowest BCUT2D eigenvalue weighted by molar-refractivity contribution is 0.184. The van der Waals surface area contributed by atoms with Crippen molar-refractivity contribution in [3.8, 4) is 23.2 Å². The maximum absolute atomic E-state index is 11.5. The maximum atomic E-state index is 11.5. The van der Waals surface area contributed by atoms with E-state index in [1.165, 1.54) is 0 Å². The van der Waals surface area contributed by atoms with Gasteiger partial charge in [0.2, 0.25) is 0 Å². The number of benzene rings is 1. The van der Waals surface area contributed by atoms with Crippen LogP contribution in [0.4, 0.5) is 0 Å². The van der Waals surface area contributed by atoms with Gasteiger partial charge in [0, 0.05) is 35.5 Å². The molecule has 0 radical (unpaired) electrons. The standard InChI is InChI=1S/C21H21N3O4S/c1-15(25)21-22-9-10-24(21)13-19-12-20(28-23-19)18-6-4-16(5-7-18)2-3-17-8-11-29(26,27)14-17/h4-7,9-10,12,15,17,25H,8,11,13-14H2,1H3. The van der Waals surface area contributed by atoms with Gasteiger partial charge in [0.15, 0.2) is 15.6 Å². The minimum Gasteiger partial charge on any atom is -0.385 e. The van der Waals surface area contributed by atoms with Crippen molar-refractivity contribution in [3.63, 3.8) is 0 Å². The molecule has 0 aliphatic carbocycles. The second-order valence-corrected chi connectivity index (χ2v) is 9.45. The molecule has 4 rings (SSSR count). The fourth-order valence-electron chi connectivity index (χ4n) is 3.33. The lowest BCUT2D eigenvalue weighted by Gasteiger charge is -2.07. The first-order valence-electron chi connectivity index (χ1n) is 9.37. The van der Waals surface area contributed by atoms with Gasteiger partial charge in [-0.15, -0.1) is 0 Å². The molecule has 2 unspecified atom stereocenters. The van der Waals surface area contributed by atoms with Gasteiger partial charge in [-0.3, -0.25) is 0 Å². The van der Waals surface area contributed by atoms with Crippen LogP contribution in [0, 0.1) is 17.8 Å². The van der Waals surface area contributed by atoms with Crippen LogP contribution in [-0.4, -0.2) is 39.7 Å². The second kappa shape index (κ2) is 7.85. The van der Waals surface area contributed by atoms with Gasteiger partial charge < -0.3 is 14.2 Å². The summed E-state index contributed by atoms with van der Waals surface area (Å²) in [6.45, 7) is 2.13. The number of sulfone groups is 1. The Morgan fingerprint density at radius 2 is 2.14 bits per heavy atom. The molecular formula is C21H21N3O4S. The number of nitrogens with zero attached hydrogens (tertiary/aromatic N) is 3. The number of hydrogen-bond donors (Lipinski definition) is 1. The first kappa shape index (κ1) is 19.4. The monoisotopic (exact) mass is 411 g/mol. The fraction of sp³-hybridized carbons (Fsp3) is 0.333. The summed E-state index contributed by atoms with van der Waals surface area (Å²) in [5.41, 5.74) is 2.43. The molecule has 1 aliphatic heterocycles. The summed E-state index contributed by atoms with van der Waals surface area (Å²) >= 11 is 0. The summed E-state index contributed by atoms with van der Waals surface area (Å²) in [6, 6.07) is 9.43. The number of hydrogen-bond acceptors (Lipinski definition) is 6. The van der Waals surface area contributed by atoms with Crippen LogP contribution in [0.15, 0.2) is 47.2 Å². The van der Waals surface area contributed by atoms with Crippen molar-refractivity contribution in [1.82, 2.24) is 14.7 Å². The Balaban J connectivity index is 1.44. The molecule has 1 aliphatic rings. The molecule has 0 bridgehead atoms. The Hall–Kier alpha value is -2.89. The molecule has 7 nitrogen and oxygen atoms in total. The zero-order chi connectivity index (χ0) is 20.4. The summed E-state index contributed by atoms with van der Waals surface area (Å²) in [5, 5.41) is 13.9. The van der Waals surface area contributed by atoms with Gasteiger partial charge in [0.05, 0.1) is 18.1 Å². The molecule has 1 aromatic carbocycles. The van der Waals surface area contributed by atoms with E-state index in [-0.39, 0.29) is 17.4 Å². The molecule has 0 amide bonds. The highest BCUT2D eigenvalue weighted by Gasteiger charge is 2.26. The number of aliphatic hydroxyl groups excluding tert-OH is 1. The molecule has 0 saturated carbocycles. The van der Waals surface area contributed by atoms with Gasteiger partial charge in [-0.05, 0) is 37.6 Å². The molecule has 2 atom stereocenters. The smallest absolute Gasteiger partial charge is 0.167 e. The van der Waals surface area contributed by atoms with E-state index in [2.05, 4.69) is 22.0 Å². The second-order valence-electron chi connectivity index (χ2n) is 7.22. The van der Waals surface area contributed by atoms with E-state index in [1.807, 2.05) is 34.9 Å². The van der Waals surface area contributed by atoms with Crippen molar-refractivity contribution in [2.24, 2.45) is 5.92 Å². The first-order valence-corrected chi connectivity index (χ1v) is 11.2. The quantitative estimate of drug-likeness (QED) is 0.662. The molecule has 29 heavy (non-hydrogen) atoms. The summed E-state index contributed by atoms with van der Waals surface area (Å²) in [7, 11) is -2.91. The highest BCUT2D eigenvalue weighted by atomic mass is 32.2. The van der Waals surface area contributed by atoms with Crippen molar-refractivity contribution in [1.29, 1.82) is 0 Å². The zero-order valence-electron chi connectivity index (χ0n) is 15.9. The van der Waals surface area contributed by atoms with Gasteiger partial charge in [0.25, 0.3) is 0 Å². The normalized spacial score (nSPS) is 18.9. The minimum atomic E-state index is -2.91. The van der Waals surface area contributed by atoms with Crippen molar-refractivity contribution >= 4 is 9.84 Å². The zero-order valence-corrected chi connectivity index (χ0v) is 16.8. The number of rotatable bonds is 4. The third kappa shape index (κ3) is 4.58. The van der Waals surface area contributed by atoms with Crippen molar-refractivity contribution in [3.05, 3.63) is 59.8 Å². The Labute approximate surface area is 169 Å². The summed E-state index contributed by atoms with van der Waals surface area (Å²) < 4.78 is 30.3. The molecule has 3 heterocycles. The molecule has 1 N–H and O–H groups in total. The average molecular weight is 411 g/mol. The van der Waals surface area contributed by atoms with E-state index < -0.39 is 15.9 Å². The van der Waals surface area contributed by atoms with E-state index in [0.717, 1.165) is 16.8 Å². The largest absolute Gasteiger partial charge is 0.385 e. The van der Waals surface area contributed by atoms with Gasteiger partial charge >= 0.3 is 0 Å². The van der Waals surface area contributed by atoms with Gasteiger partial charge in [0.1, 0.15) is 17.6 Å². The van der Waals surface area contributed by atoms with Crippen LogP contribution >= 0.6 is 0 Å². The fourth-order valence-corrected chi connectivity index (χ4v) is 5.00.